The van der Waals surface area contributed by atoms with E-state index < -0.39 is 11.4 Å². The summed E-state index contributed by atoms with van der Waals surface area (Å²) >= 11 is 0. The molecular weight excluding hydrogens is 178 g/mol. The SMILES string of the molecule is CC(C)(Nc1ccccc1N)C(N)=O. The fourth-order valence-electron chi connectivity index (χ4n) is 1.01. The maximum absolute atomic E-state index is 11.1. The van der Waals surface area contributed by atoms with E-state index in [0.29, 0.717) is 5.69 Å². The molecule has 5 N–H and O–H groups in total. The lowest BCUT2D eigenvalue weighted by Gasteiger charge is -2.24. The van der Waals surface area contributed by atoms with Crippen molar-refractivity contribution in [2.24, 2.45) is 5.73 Å². The molecule has 1 amide bonds. The van der Waals surface area contributed by atoms with Gasteiger partial charge in [-0.2, -0.15) is 0 Å². The maximum atomic E-state index is 11.1. The summed E-state index contributed by atoms with van der Waals surface area (Å²) in [6.07, 6.45) is 0. The summed E-state index contributed by atoms with van der Waals surface area (Å²) in [5, 5.41) is 2.99. The molecule has 0 fully saturated rings. The van der Waals surface area contributed by atoms with Crippen LogP contribution < -0.4 is 16.8 Å². The number of rotatable bonds is 3. The molecule has 0 radical (unpaired) electrons. The first kappa shape index (κ1) is 10.4. The van der Waals surface area contributed by atoms with Gasteiger partial charge in [0.2, 0.25) is 5.91 Å². The van der Waals surface area contributed by atoms with E-state index in [0.717, 1.165) is 5.69 Å². The van der Waals surface area contributed by atoms with Crippen LogP contribution in [0.4, 0.5) is 11.4 Å². The number of hydrogen-bond donors (Lipinski definition) is 3. The highest BCUT2D eigenvalue weighted by Gasteiger charge is 2.24. The van der Waals surface area contributed by atoms with Gasteiger partial charge < -0.3 is 16.8 Å². The largest absolute Gasteiger partial charge is 0.397 e. The zero-order valence-corrected chi connectivity index (χ0v) is 8.37. The van der Waals surface area contributed by atoms with Crippen LogP contribution in [0.3, 0.4) is 0 Å². The Morgan fingerprint density at radius 2 is 1.93 bits per heavy atom. The summed E-state index contributed by atoms with van der Waals surface area (Å²) < 4.78 is 0. The van der Waals surface area contributed by atoms with Crippen molar-refractivity contribution in [1.82, 2.24) is 0 Å². The number of carbonyl (C=O) groups is 1. The Morgan fingerprint density at radius 3 is 2.43 bits per heavy atom. The Labute approximate surface area is 83.3 Å². The molecule has 14 heavy (non-hydrogen) atoms. The average molecular weight is 193 g/mol. The van der Waals surface area contributed by atoms with Gasteiger partial charge in [0.15, 0.2) is 0 Å². The van der Waals surface area contributed by atoms with E-state index in [2.05, 4.69) is 5.32 Å². The smallest absolute Gasteiger partial charge is 0.242 e. The predicted octanol–water partition coefficient (Wildman–Crippen LogP) is 0.945. The van der Waals surface area contributed by atoms with Crippen LogP contribution in [0.5, 0.6) is 0 Å². The maximum Gasteiger partial charge on any atom is 0.242 e. The fraction of sp³-hybridized carbons (Fsp3) is 0.300. The molecule has 0 aromatic heterocycles. The molecule has 0 aliphatic heterocycles. The van der Waals surface area contributed by atoms with E-state index in [1.165, 1.54) is 0 Å². The minimum absolute atomic E-state index is 0.416. The zero-order chi connectivity index (χ0) is 10.8. The number of benzene rings is 1. The van der Waals surface area contributed by atoms with Crippen molar-refractivity contribution >= 4 is 17.3 Å². The van der Waals surface area contributed by atoms with Gasteiger partial charge in [-0.1, -0.05) is 12.1 Å². The topological polar surface area (TPSA) is 81.1 Å². The highest BCUT2D eigenvalue weighted by atomic mass is 16.1. The highest BCUT2D eigenvalue weighted by Crippen LogP contribution is 2.21. The molecule has 0 aliphatic carbocycles. The average Bonchev–Trinajstić information content (AvgIpc) is 2.08. The molecule has 0 unspecified atom stereocenters. The van der Waals surface area contributed by atoms with Crippen molar-refractivity contribution in [3.63, 3.8) is 0 Å². The molecule has 0 aliphatic rings. The molecule has 0 saturated heterocycles. The normalized spacial score (nSPS) is 11.0. The molecule has 4 heteroatoms. The van der Waals surface area contributed by atoms with Crippen molar-refractivity contribution in [2.75, 3.05) is 11.1 Å². The van der Waals surface area contributed by atoms with Gasteiger partial charge in [0.05, 0.1) is 11.4 Å². The second-order valence-corrected chi connectivity index (χ2v) is 3.70. The molecule has 1 aromatic rings. The molecule has 0 bridgehead atoms. The quantitative estimate of drug-likeness (QED) is 0.625. The summed E-state index contributed by atoms with van der Waals surface area (Å²) in [6, 6.07) is 7.24. The number of primary amides is 1. The summed E-state index contributed by atoms with van der Waals surface area (Å²) in [7, 11) is 0. The molecule has 0 spiro atoms. The molecule has 76 valence electrons. The van der Waals surface area contributed by atoms with Crippen LogP contribution in [0.25, 0.3) is 0 Å². The van der Waals surface area contributed by atoms with Crippen molar-refractivity contribution in [3.05, 3.63) is 24.3 Å². The standard InChI is InChI=1S/C10H15N3O/c1-10(2,9(12)14)13-8-6-4-3-5-7(8)11/h3-6,13H,11H2,1-2H3,(H2,12,14). The number of para-hydroxylation sites is 2. The first-order valence-corrected chi connectivity index (χ1v) is 4.36. The number of nitrogens with one attached hydrogen (secondary N) is 1. The van der Waals surface area contributed by atoms with Crippen molar-refractivity contribution in [1.29, 1.82) is 0 Å². The van der Waals surface area contributed by atoms with Gasteiger partial charge in [0.1, 0.15) is 5.54 Å². The van der Waals surface area contributed by atoms with E-state index in [1.807, 2.05) is 12.1 Å². The molecule has 1 aromatic carbocycles. The Kier molecular flexibility index (Phi) is 2.65. The van der Waals surface area contributed by atoms with Crippen LogP contribution in [-0.2, 0) is 4.79 Å². The van der Waals surface area contributed by atoms with E-state index >= 15 is 0 Å². The van der Waals surface area contributed by atoms with Crippen LogP contribution in [0.2, 0.25) is 0 Å². The monoisotopic (exact) mass is 193 g/mol. The molecule has 1 rings (SSSR count). The van der Waals surface area contributed by atoms with Gasteiger partial charge in [-0.05, 0) is 26.0 Å². The van der Waals surface area contributed by atoms with Crippen LogP contribution >= 0.6 is 0 Å². The Hall–Kier alpha value is -1.71. The van der Waals surface area contributed by atoms with E-state index in [-0.39, 0.29) is 0 Å². The summed E-state index contributed by atoms with van der Waals surface area (Å²) in [5.41, 5.74) is 11.5. The van der Waals surface area contributed by atoms with E-state index in [9.17, 15) is 4.79 Å². The van der Waals surface area contributed by atoms with Gasteiger partial charge in [0.25, 0.3) is 0 Å². The Bertz CT molecular complexity index is 347. The fourth-order valence-corrected chi connectivity index (χ4v) is 1.01. The minimum Gasteiger partial charge on any atom is -0.397 e. The summed E-state index contributed by atoms with van der Waals surface area (Å²) in [5.74, 6) is -0.416. The summed E-state index contributed by atoms with van der Waals surface area (Å²) in [6.45, 7) is 3.42. The number of nitrogen functional groups attached to an aromatic ring is 1. The van der Waals surface area contributed by atoms with E-state index in [4.69, 9.17) is 11.5 Å². The van der Waals surface area contributed by atoms with E-state index in [1.54, 1.807) is 26.0 Å². The second kappa shape index (κ2) is 3.57. The number of carbonyl (C=O) groups excluding carboxylic acids is 1. The minimum atomic E-state index is -0.796. The van der Waals surface area contributed by atoms with Gasteiger partial charge in [-0.3, -0.25) is 4.79 Å². The zero-order valence-electron chi connectivity index (χ0n) is 8.37. The van der Waals surface area contributed by atoms with Crippen LogP contribution in [0.1, 0.15) is 13.8 Å². The Balaban J connectivity index is 2.89. The third-order valence-electron chi connectivity index (χ3n) is 2.02. The predicted molar refractivity (Wildman–Crippen MR) is 57.8 cm³/mol. The number of hydrogen-bond acceptors (Lipinski definition) is 3. The number of nitrogens with two attached hydrogens (primary N) is 2. The lowest BCUT2D eigenvalue weighted by atomic mass is 10.0. The molecule has 4 nitrogen and oxygen atoms in total. The van der Waals surface area contributed by atoms with Gasteiger partial charge in [-0.25, -0.2) is 0 Å². The number of anilines is 2. The highest BCUT2D eigenvalue weighted by molar-refractivity contribution is 5.88. The third-order valence-corrected chi connectivity index (χ3v) is 2.02. The first-order valence-electron chi connectivity index (χ1n) is 4.36. The number of amides is 1. The third kappa shape index (κ3) is 2.16. The first-order chi connectivity index (χ1) is 6.43. The Morgan fingerprint density at radius 1 is 1.36 bits per heavy atom. The summed E-state index contributed by atoms with van der Waals surface area (Å²) in [4.78, 5) is 11.1. The van der Waals surface area contributed by atoms with Crippen LogP contribution in [-0.4, -0.2) is 11.4 Å². The van der Waals surface area contributed by atoms with Gasteiger partial charge >= 0.3 is 0 Å². The molecular formula is C10H15N3O. The van der Waals surface area contributed by atoms with Crippen LogP contribution in [0, 0.1) is 0 Å². The lowest BCUT2D eigenvalue weighted by Crippen LogP contribution is -2.45. The lowest BCUT2D eigenvalue weighted by molar-refractivity contribution is -0.121. The van der Waals surface area contributed by atoms with Crippen molar-refractivity contribution in [3.8, 4) is 0 Å². The van der Waals surface area contributed by atoms with Crippen molar-refractivity contribution < 1.29 is 4.79 Å². The van der Waals surface area contributed by atoms with Crippen LogP contribution in [0.15, 0.2) is 24.3 Å². The molecule has 0 saturated carbocycles. The van der Waals surface area contributed by atoms with Gasteiger partial charge in [-0.15, -0.1) is 0 Å². The molecule has 0 heterocycles. The van der Waals surface area contributed by atoms with Crippen molar-refractivity contribution in [2.45, 2.75) is 19.4 Å². The molecule has 0 atom stereocenters. The second-order valence-electron chi connectivity index (χ2n) is 3.70. The van der Waals surface area contributed by atoms with Gasteiger partial charge in [0, 0.05) is 0 Å².